The Kier molecular flexibility index (Phi) is 7.88. The highest BCUT2D eigenvalue weighted by Gasteiger charge is 2.37. The van der Waals surface area contributed by atoms with Crippen molar-refractivity contribution in [3.05, 3.63) is 0 Å². The van der Waals surface area contributed by atoms with Crippen LogP contribution in [0.3, 0.4) is 0 Å². The Morgan fingerprint density at radius 3 is 2.53 bits per heavy atom. The van der Waals surface area contributed by atoms with Crippen LogP contribution >= 0.6 is 11.8 Å². The van der Waals surface area contributed by atoms with Gasteiger partial charge in [-0.3, -0.25) is 4.79 Å². The van der Waals surface area contributed by atoms with E-state index in [0.717, 1.165) is 5.75 Å². The number of esters is 1. The molecular formula is C13H26O3S. The molecule has 0 saturated heterocycles. The second kappa shape index (κ2) is 7.98. The Morgan fingerprint density at radius 2 is 2.06 bits per heavy atom. The number of carbonyl (C=O) groups is 1. The first-order valence-corrected chi connectivity index (χ1v) is 7.29. The van der Waals surface area contributed by atoms with Crippen LogP contribution in [0, 0.1) is 5.41 Å². The zero-order valence-corrected chi connectivity index (χ0v) is 12.5. The highest BCUT2D eigenvalue weighted by Crippen LogP contribution is 2.28. The van der Waals surface area contributed by atoms with Crippen LogP contribution in [0.15, 0.2) is 0 Å². The number of hydrogen-bond donors (Lipinski definition) is 1. The van der Waals surface area contributed by atoms with Gasteiger partial charge in [0.15, 0.2) is 0 Å². The summed E-state index contributed by atoms with van der Waals surface area (Å²) in [5.41, 5.74) is -0.825. The summed E-state index contributed by atoms with van der Waals surface area (Å²) in [5.74, 6) is 0.763. The molecule has 0 saturated carbocycles. The van der Waals surface area contributed by atoms with Crippen molar-refractivity contribution in [3.8, 4) is 0 Å². The normalized spacial score (nSPS) is 15.4. The van der Waals surface area contributed by atoms with Gasteiger partial charge in [0.2, 0.25) is 0 Å². The molecule has 102 valence electrons. The standard InChI is InChI=1S/C13H26O3S/c1-6-7-8-17-10(2)9-11(14)13(3,4)12(15)16-5/h10-11,14H,6-9H2,1-5H3/t10-,11+/m1/s1. The van der Waals surface area contributed by atoms with E-state index in [4.69, 9.17) is 4.74 Å². The monoisotopic (exact) mass is 262 g/mol. The largest absolute Gasteiger partial charge is 0.469 e. The van der Waals surface area contributed by atoms with Gasteiger partial charge in [0.25, 0.3) is 0 Å². The number of methoxy groups -OCH3 is 1. The molecule has 0 aliphatic rings. The Hall–Kier alpha value is -0.220. The van der Waals surface area contributed by atoms with Crippen LogP contribution in [0.1, 0.15) is 47.0 Å². The minimum absolute atomic E-state index is 0.351. The van der Waals surface area contributed by atoms with Crippen molar-refractivity contribution in [2.75, 3.05) is 12.9 Å². The summed E-state index contributed by atoms with van der Waals surface area (Å²) in [4.78, 5) is 11.5. The lowest BCUT2D eigenvalue weighted by molar-refractivity contribution is -0.157. The molecule has 0 aliphatic heterocycles. The third kappa shape index (κ3) is 5.77. The van der Waals surface area contributed by atoms with Gasteiger partial charge in [-0.25, -0.2) is 0 Å². The minimum Gasteiger partial charge on any atom is -0.469 e. The Labute approximate surface area is 109 Å². The minimum atomic E-state index is -0.825. The van der Waals surface area contributed by atoms with E-state index in [2.05, 4.69) is 13.8 Å². The molecular weight excluding hydrogens is 236 g/mol. The fourth-order valence-corrected chi connectivity index (χ4v) is 2.68. The Morgan fingerprint density at radius 1 is 1.47 bits per heavy atom. The van der Waals surface area contributed by atoms with Gasteiger partial charge in [0.05, 0.1) is 18.6 Å². The molecule has 0 rings (SSSR count). The fourth-order valence-electron chi connectivity index (χ4n) is 1.51. The SMILES string of the molecule is CCCCS[C@H](C)C[C@H](O)C(C)(C)C(=O)OC. The van der Waals surface area contributed by atoms with E-state index in [1.807, 2.05) is 11.8 Å². The van der Waals surface area contributed by atoms with E-state index in [0.29, 0.717) is 11.7 Å². The van der Waals surface area contributed by atoms with Crippen molar-refractivity contribution < 1.29 is 14.6 Å². The number of hydrogen-bond acceptors (Lipinski definition) is 4. The van der Waals surface area contributed by atoms with E-state index in [1.165, 1.54) is 20.0 Å². The highest BCUT2D eigenvalue weighted by atomic mass is 32.2. The third-order valence-corrected chi connectivity index (χ3v) is 4.29. The zero-order chi connectivity index (χ0) is 13.5. The number of aliphatic hydroxyl groups is 1. The number of aliphatic hydroxyl groups excluding tert-OH is 1. The molecule has 0 aromatic rings. The average molecular weight is 262 g/mol. The van der Waals surface area contributed by atoms with Gasteiger partial charge in [0.1, 0.15) is 0 Å². The van der Waals surface area contributed by atoms with E-state index in [-0.39, 0.29) is 5.97 Å². The van der Waals surface area contributed by atoms with Crippen LogP contribution in [0.25, 0.3) is 0 Å². The second-order valence-electron chi connectivity index (χ2n) is 5.00. The Balaban J connectivity index is 4.14. The maximum Gasteiger partial charge on any atom is 0.313 e. The lowest BCUT2D eigenvalue weighted by Gasteiger charge is -2.29. The lowest BCUT2D eigenvalue weighted by atomic mass is 9.84. The molecule has 3 nitrogen and oxygen atoms in total. The number of unbranched alkanes of at least 4 members (excludes halogenated alkanes) is 1. The molecule has 0 aromatic carbocycles. The molecule has 1 N–H and O–H groups in total. The summed E-state index contributed by atoms with van der Waals surface area (Å²) in [7, 11) is 1.36. The summed E-state index contributed by atoms with van der Waals surface area (Å²) >= 11 is 1.85. The van der Waals surface area contributed by atoms with Crippen LogP contribution in [0.4, 0.5) is 0 Å². The summed E-state index contributed by atoms with van der Waals surface area (Å²) in [5, 5.41) is 10.5. The molecule has 0 spiro atoms. The molecule has 2 atom stereocenters. The molecule has 0 radical (unpaired) electrons. The zero-order valence-electron chi connectivity index (χ0n) is 11.7. The van der Waals surface area contributed by atoms with Crippen molar-refractivity contribution in [1.29, 1.82) is 0 Å². The lowest BCUT2D eigenvalue weighted by Crippen LogP contribution is -2.39. The van der Waals surface area contributed by atoms with Gasteiger partial charge in [-0.05, 0) is 32.4 Å². The van der Waals surface area contributed by atoms with Crippen molar-refractivity contribution in [1.82, 2.24) is 0 Å². The average Bonchev–Trinajstić information content (AvgIpc) is 2.28. The molecule has 0 amide bonds. The number of thioether (sulfide) groups is 1. The molecule has 0 aliphatic carbocycles. The van der Waals surface area contributed by atoms with E-state index in [9.17, 15) is 9.90 Å². The van der Waals surface area contributed by atoms with Gasteiger partial charge in [-0.2, -0.15) is 11.8 Å². The van der Waals surface area contributed by atoms with E-state index < -0.39 is 11.5 Å². The maximum atomic E-state index is 11.5. The quantitative estimate of drug-likeness (QED) is 0.540. The van der Waals surface area contributed by atoms with Crippen LogP contribution < -0.4 is 0 Å². The fraction of sp³-hybridized carbons (Fsp3) is 0.923. The number of ether oxygens (including phenoxy) is 1. The van der Waals surface area contributed by atoms with Gasteiger partial charge < -0.3 is 9.84 Å². The summed E-state index contributed by atoms with van der Waals surface area (Å²) < 4.78 is 4.71. The van der Waals surface area contributed by atoms with Crippen molar-refractivity contribution in [3.63, 3.8) is 0 Å². The van der Waals surface area contributed by atoms with Crippen LogP contribution in [0.2, 0.25) is 0 Å². The molecule has 0 fully saturated rings. The van der Waals surface area contributed by atoms with Crippen molar-refractivity contribution >= 4 is 17.7 Å². The summed E-state index contributed by atoms with van der Waals surface area (Å²) in [6.07, 6.45) is 2.36. The maximum absolute atomic E-state index is 11.5. The van der Waals surface area contributed by atoms with Gasteiger partial charge in [0, 0.05) is 5.25 Å². The predicted molar refractivity (Wildman–Crippen MR) is 73.2 cm³/mol. The van der Waals surface area contributed by atoms with E-state index >= 15 is 0 Å². The third-order valence-electron chi connectivity index (χ3n) is 3.00. The topological polar surface area (TPSA) is 46.5 Å². The predicted octanol–water partition coefficient (Wildman–Crippen LogP) is 2.86. The van der Waals surface area contributed by atoms with Gasteiger partial charge in [-0.15, -0.1) is 0 Å². The van der Waals surface area contributed by atoms with Crippen LogP contribution in [-0.2, 0) is 9.53 Å². The first kappa shape index (κ1) is 16.8. The van der Waals surface area contributed by atoms with Crippen LogP contribution in [0.5, 0.6) is 0 Å². The van der Waals surface area contributed by atoms with Gasteiger partial charge in [-0.1, -0.05) is 20.3 Å². The van der Waals surface area contributed by atoms with Gasteiger partial charge >= 0.3 is 5.97 Å². The summed E-state index contributed by atoms with van der Waals surface area (Å²) in [6.45, 7) is 7.72. The molecule has 0 aromatic heterocycles. The second-order valence-corrected chi connectivity index (χ2v) is 6.55. The highest BCUT2D eigenvalue weighted by molar-refractivity contribution is 7.99. The smallest absolute Gasteiger partial charge is 0.313 e. The number of carbonyl (C=O) groups excluding carboxylic acids is 1. The van der Waals surface area contributed by atoms with Crippen molar-refractivity contribution in [2.24, 2.45) is 5.41 Å². The molecule has 4 heteroatoms. The first-order valence-electron chi connectivity index (χ1n) is 6.24. The molecule has 0 heterocycles. The van der Waals surface area contributed by atoms with E-state index in [1.54, 1.807) is 13.8 Å². The Bertz CT molecular complexity index is 229. The summed E-state index contributed by atoms with van der Waals surface area (Å²) in [6, 6.07) is 0. The molecule has 0 bridgehead atoms. The first-order chi connectivity index (χ1) is 7.86. The number of rotatable bonds is 8. The van der Waals surface area contributed by atoms with Crippen LogP contribution in [-0.4, -0.2) is 35.3 Å². The van der Waals surface area contributed by atoms with Crippen molar-refractivity contribution in [2.45, 2.75) is 58.3 Å². The molecule has 17 heavy (non-hydrogen) atoms. The molecule has 0 unspecified atom stereocenters.